The fraction of sp³-hybridized carbons (Fsp3) is 0.600. The lowest BCUT2D eigenvalue weighted by Crippen LogP contribution is -2.49. The molecular formula is C20H31N7. The molecule has 1 aliphatic carbocycles. The van der Waals surface area contributed by atoms with Crippen LogP contribution in [0.1, 0.15) is 24.1 Å². The standard InChI is InChI=1S/C20H31N7/c1-24(19-10-17(21)11-19)15-18-4-3-5-20(23-18)27-8-6-26(7-9-27)14-16-12-22-25(2)13-16/h3-5,12-13,17,19H,6-11,14-15,21H2,1-2H3. The number of hydrogen-bond acceptors (Lipinski definition) is 6. The molecule has 4 rings (SSSR count). The molecular weight excluding hydrogens is 338 g/mol. The molecule has 1 aliphatic heterocycles. The first-order chi connectivity index (χ1) is 13.1. The average Bonchev–Trinajstić information content (AvgIpc) is 3.04. The highest BCUT2D eigenvalue weighted by Gasteiger charge is 2.29. The van der Waals surface area contributed by atoms with Gasteiger partial charge in [-0.3, -0.25) is 14.5 Å². The number of piperazine rings is 1. The molecule has 7 nitrogen and oxygen atoms in total. The maximum atomic E-state index is 5.93. The second-order valence-electron chi connectivity index (χ2n) is 8.07. The third kappa shape index (κ3) is 4.48. The smallest absolute Gasteiger partial charge is 0.128 e. The molecule has 1 saturated heterocycles. The van der Waals surface area contributed by atoms with Crippen LogP contribution in [0, 0.1) is 0 Å². The summed E-state index contributed by atoms with van der Waals surface area (Å²) in [5.74, 6) is 1.10. The van der Waals surface area contributed by atoms with Crippen molar-refractivity contribution in [3.63, 3.8) is 0 Å². The van der Waals surface area contributed by atoms with Gasteiger partial charge in [-0.25, -0.2) is 4.98 Å². The van der Waals surface area contributed by atoms with E-state index < -0.39 is 0 Å². The third-order valence-corrected chi connectivity index (χ3v) is 5.84. The Labute approximate surface area is 161 Å². The van der Waals surface area contributed by atoms with Gasteiger partial charge in [0, 0.05) is 70.2 Å². The number of aromatic nitrogens is 3. The average molecular weight is 370 g/mol. The lowest BCUT2D eigenvalue weighted by Gasteiger charge is -2.39. The zero-order valence-electron chi connectivity index (χ0n) is 16.5. The molecule has 27 heavy (non-hydrogen) atoms. The van der Waals surface area contributed by atoms with Gasteiger partial charge in [-0.1, -0.05) is 6.07 Å². The zero-order valence-corrected chi connectivity index (χ0v) is 16.5. The van der Waals surface area contributed by atoms with Gasteiger partial charge in [0.1, 0.15) is 5.82 Å². The Balaban J connectivity index is 1.30. The molecule has 1 saturated carbocycles. The normalized spacial score (nSPS) is 23.6. The summed E-state index contributed by atoms with van der Waals surface area (Å²) in [7, 11) is 4.15. The van der Waals surface area contributed by atoms with Crippen LogP contribution < -0.4 is 10.6 Å². The van der Waals surface area contributed by atoms with Crippen LogP contribution in [-0.2, 0) is 20.1 Å². The summed E-state index contributed by atoms with van der Waals surface area (Å²) in [6.45, 7) is 6.02. The van der Waals surface area contributed by atoms with Crippen LogP contribution >= 0.6 is 0 Å². The Morgan fingerprint density at radius 3 is 2.63 bits per heavy atom. The van der Waals surface area contributed by atoms with Crippen LogP contribution in [0.2, 0.25) is 0 Å². The number of nitrogens with zero attached hydrogens (tertiary/aromatic N) is 6. The molecule has 2 fully saturated rings. The van der Waals surface area contributed by atoms with Crippen molar-refractivity contribution in [2.24, 2.45) is 12.8 Å². The first kappa shape index (κ1) is 18.4. The van der Waals surface area contributed by atoms with Gasteiger partial charge in [0.2, 0.25) is 0 Å². The van der Waals surface area contributed by atoms with E-state index in [2.05, 4.69) is 51.2 Å². The second-order valence-corrected chi connectivity index (χ2v) is 8.07. The van der Waals surface area contributed by atoms with Gasteiger partial charge >= 0.3 is 0 Å². The summed E-state index contributed by atoms with van der Waals surface area (Å²) < 4.78 is 1.87. The quantitative estimate of drug-likeness (QED) is 0.821. The summed E-state index contributed by atoms with van der Waals surface area (Å²) in [6, 6.07) is 7.41. The number of pyridine rings is 1. The molecule has 2 N–H and O–H groups in total. The van der Waals surface area contributed by atoms with Crippen molar-refractivity contribution >= 4 is 5.82 Å². The summed E-state index contributed by atoms with van der Waals surface area (Å²) in [5, 5.41) is 4.26. The van der Waals surface area contributed by atoms with E-state index in [1.54, 1.807) is 0 Å². The molecule has 2 aromatic rings. The predicted octanol–water partition coefficient (Wildman–Crippen LogP) is 1.06. The van der Waals surface area contributed by atoms with Gasteiger partial charge in [0.15, 0.2) is 0 Å². The third-order valence-electron chi connectivity index (χ3n) is 5.84. The second kappa shape index (κ2) is 7.96. The Hall–Kier alpha value is -1.96. The molecule has 146 valence electrons. The predicted molar refractivity (Wildman–Crippen MR) is 107 cm³/mol. The SMILES string of the molecule is CN(Cc1cccc(N2CCN(Cc3cnn(C)c3)CC2)n1)C1CC(N)C1. The van der Waals surface area contributed by atoms with Crippen molar-refractivity contribution in [2.45, 2.75) is 38.0 Å². The minimum Gasteiger partial charge on any atom is -0.354 e. The fourth-order valence-corrected chi connectivity index (χ4v) is 4.05. The largest absolute Gasteiger partial charge is 0.354 e. The Morgan fingerprint density at radius 1 is 1.19 bits per heavy atom. The molecule has 0 spiro atoms. The maximum absolute atomic E-state index is 5.93. The van der Waals surface area contributed by atoms with Crippen LogP contribution in [-0.4, -0.2) is 69.9 Å². The van der Waals surface area contributed by atoms with Crippen molar-refractivity contribution in [2.75, 3.05) is 38.1 Å². The molecule has 0 radical (unpaired) electrons. The fourth-order valence-electron chi connectivity index (χ4n) is 4.05. The topological polar surface area (TPSA) is 66.5 Å². The maximum Gasteiger partial charge on any atom is 0.128 e. The first-order valence-electron chi connectivity index (χ1n) is 9.93. The van der Waals surface area contributed by atoms with Crippen molar-refractivity contribution < 1.29 is 0 Å². The molecule has 0 bridgehead atoms. The Bertz CT molecular complexity index is 744. The van der Waals surface area contributed by atoms with E-state index in [-0.39, 0.29) is 0 Å². The number of nitrogens with two attached hydrogens (primary N) is 1. The first-order valence-corrected chi connectivity index (χ1v) is 9.93. The minimum atomic E-state index is 0.389. The van der Waals surface area contributed by atoms with Crippen LogP contribution in [0.5, 0.6) is 0 Å². The highest BCUT2D eigenvalue weighted by atomic mass is 15.3. The van der Waals surface area contributed by atoms with E-state index in [1.165, 1.54) is 5.56 Å². The summed E-state index contributed by atoms with van der Waals surface area (Å²) in [6.07, 6.45) is 6.27. The van der Waals surface area contributed by atoms with Gasteiger partial charge < -0.3 is 10.6 Å². The number of anilines is 1. The van der Waals surface area contributed by atoms with E-state index >= 15 is 0 Å². The Kier molecular flexibility index (Phi) is 5.43. The van der Waals surface area contributed by atoms with Crippen LogP contribution in [0.4, 0.5) is 5.82 Å². The van der Waals surface area contributed by atoms with Gasteiger partial charge in [-0.2, -0.15) is 5.10 Å². The van der Waals surface area contributed by atoms with Crippen LogP contribution in [0.15, 0.2) is 30.6 Å². The highest BCUT2D eigenvalue weighted by molar-refractivity contribution is 5.40. The molecule has 0 aromatic carbocycles. The van der Waals surface area contributed by atoms with E-state index in [0.717, 1.165) is 63.6 Å². The molecule has 0 unspecified atom stereocenters. The number of rotatable bonds is 6. The molecule has 7 heteroatoms. The summed E-state index contributed by atoms with van der Waals surface area (Å²) in [4.78, 5) is 12.2. The lowest BCUT2D eigenvalue weighted by atomic mass is 9.86. The van der Waals surface area contributed by atoms with Crippen molar-refractivity contribution in [3.8, 4) is 0 Å². The van der Waals surface area contributed by atoms with E-state index in [4.69, 9.17) is 10.7 Å². The molecule has 0 amide bonds. The van der Waals surface area contributed by atoms with Gasteiger partial charge in [-0.05, 0) is 32.0 Å². The van der Waals surface area contributed by atoms with Crippen molar-refractivity contribution in [1.29, 1.82) is 0 Å². The van der Waals surface area contributed by atoms with Crippen LogP contribution in [0.3, 0.4) is 0 Å². The van der Waals surface area contributed by atoms with Crippen molar-refractivity contribution in [3.05, 3.63) is 41.9 Å². The van der Waals surface area contributed by atoms with Gasteiger partial charge in [-0.15, -0.1) is 0 Å². The van der Waals surface area contributed by atoms with Crippen LogP contribution in [0.25, 0.3) is 0 Å². The molecule has 0 atom stereocenters. The minimum absolute atomic E-state index is 0.389. The van der Waals surface area contributed by atoms with E-state index in [1.807, 2.05) is 17.9 Å². The zero-order chi connectivity index (χ0) is 18.8. The molecule has 2 aromatic heterocycles. The van der Waals surface area contributed by atoms with Gasteiger partial charge in [0.25, 0.3) is 0 Å². The number of aryl methyl sites for hydroxylation is 1. The molecule has 2 aliphatic rings. The Morgan fingerprint density at radius 2 is 1.96 bits per heavy atom. The number of hydrogen-bond donors (Lipinski definition) is 1. The molecule has 3 heterocycles. The summed E-state index contributed by atoms with van der Waals surface area (Å²) >= 11 is 0. The van der Waals surface area contributed by atoms with E-state index in [9.17, 15) is 0 Å². The van der Waals surface area contributed by atoms with Crippen molar-refractivity contribution in [1.82, 2.24) is 24.6 Å². The lowest BCUT2D eigenvalue weighted by molar-refractivity contribution is 0.131. The van der Waals surface area contributed by atoms with E-state index in [0.29, 0.717) is 12.1 Å². The summed E-state index contributed by atoms with van der Waals surface area (Å²) in [5.41, 5.74) is 8.35. The van der Waals surface area contributed by atoms with Gasteiger partial charge in [0.05, 0.1) is 11.9 Å². The highest BCUT2D eigenvalue weighted by Crippen LogP contribution is 2.24. The monoisotopic (exact) mass is 369 g/mol.